The number of piperidine rings is 1. The summed E-state index contributed by atoms with van der Waals surface area (Å²) in [5, 5.41) is 18.4. The molecule has 0 aromatic heterocycles. The molecule has 2 heterocycles. The van der Waals surface area contributed by atoms with Gasteiger partial charge in [-0.05, 0) is 46.5 Å². The number of carbonyl (C=O) groups excluding carboxylic acids is 1. The van der Waals surface area contributed by atoms with Gasteiger partial charge >= 0.3 is 12.1 Å². The Morgan fingerprint density at radius 1 is 1.33 bits per heavy atom. The van der Waals surface area contributed by atoms with E-state index in [0.717, 1.165) is 12.8 Å². The van der Waals surface area contributed by atoms with E-state index in [-0.39, 0.29) is 24.6 Å². The lowest BCUT2D eigenvalue weighted by Crippen LogP contribution is -2.53. The molecule has 2 saturated heterocycles. The number of rotatable bonds is 2. The van der Waals surface area contributed by atoms with Crippen LogP contribution in [0.15, 0.2) is 0 Å². The zero-order valence-corrected chi connectivity index (χ0v) is 12.8. The minimum absolute atomic E-state index is 0.00249. The average Bonchev–Trinajstić information content (AvgIpc) is 2.60. The van der Waals surface area contributed by atoms with Crippen LogP contribution in [0.1, 0.15) is 52.9 Å². The summed E-state index contributed by atoms with van der Waals surface area (Å²) in [4.78, 5) is 25.6. The molecule has 2 rings (SSSR count). The van der Waals surface area contributed by atoms with Crippen molar-refractivity contribution in [3.05, 3.63) is 0 Å². The van der Waals surface area contributed by atoms with E-state index in [9.17, 15) is 14.7 Å². The highest BCUT2D eigenvalue weighted by Gasteiger charge is 2.54. The van der Waals surface area contributed by atoms with Gasteiger partial charge in [-0.2, -0.15) is 5.26 Å². The molecular weight excluding hydrogens is 272 g/mol. The molecule has 2 fully saturated rings. The van der Waals surface area contributed by atoms with Crippen LogP contribution in [0, 0.1) is 16.7 Å². The molecule has 0 saturated carbocycles. The molecule has 0 aromatic rings. The number of carboxylic acid groups (broad SMARTS) is 1. The van der Waals surface area contributed by atoms with Crippen molar-refractivity contribution in [1.29, 1.82) is 5.26 Å². The van der Waals surface area contributed by atoms with Crippen LogP contribution in [0.3, 0.4) is 0 Å². The second kappa shape index (κ2) is 5.21. The van der Waals surface area contributed by atoms with Gasteiger partial charge in [-0.15, -0.1) is 0 Å². The van der Waals surface area contributed by atoms with Crippen LogP contribution in [0.25, 0.3) is 0 Å². The molecule has 1 N–H and O–H groups in total. The Hall–Kier alpha value is -1.77. The summed E-state index contributed by atoms with van der Waals surface area (Å²) in [6.07, 6.45) is 1.87. The predicted molar refractivity (Wildman–Crippen MR) is 74.4 cm³/mol. The number of hydrogen-bond acceptors (Lipinski definition) is 4. The number of fused-ring (bicyclic) bond motifs is 2. The number of ether oxygens (including phenoxy) is 1. The number of hydrogen-bond donors (Lipinski definition) is 1. The third-order valence-electron chi connectivity index (χ3n) is 4.35. The summed E-state index contributed by atoms with van der Waals surface area (Å²) < 4.78 is 5.42. The van der Waals surface area contributed by atoms with Crippen LogP contribution < -0.4 is 0 Å². The summed E-state index contributed by atoms with van der Waals surface area (Å²) in [7, 11) is 0. The number of aliphatic carboxylic acids is 1. The highest BCUT2D eigenvalue weighted by atomic mass is 16.6. The van der Waals surface area contributed by atoms with Crippen LogP contribution in [-0.2, 0) is 9.53 Å². The number of carbonyl (C=O) groups is 2. The van der Waals surface area contributed by atoms with E-state index in [1.807, 2.05) is 26.8 Å². The fourth-order valence-electron chi connectivity index (χ4n) is 3.51. The topological polar surface area (TPSA) is 90.6 Å². The minimum atomic E-state index is -1.01. The Labute approximate surface area is 124 Å². The molecule has 3 atom stereocenters. The smallest absolute Gasteiger partial charge is 0.410 e. The molecule has 0 radical (unpaired) electrons. The van der Waals surface area contributed by atoms with Crippen LogP contribution in [0.5, 0.6) is 0 Å². The highest BCUT2D eigenvalue weighted by Crippen LogP contribution is 2.48. The molecule has 2 aliphatic rings. The molecule has 0 aliphatic carbocycles. The molecular formula is C15H22N2O4. The lowest BCUT2D eigenvalue weighted by atomic mass is 9.73. The van der Waals surface area contributed by atoms with Crippen molar-refractivity contribution in [2.75, 3.05) is 0 Å². The van der Waals surface area contributed by atoms with E-state index in [2.05, 4.69) is 0 Å². The highest BCUT2D eigenvalue weighted by molar-refractivity contribution is 5.77. The summed E-state index contributed by atoms with van der Waals surface area (Å²) >= 11 is 0. The van der Waals surface area contributed by atoms with Gasteiger partial charge in [-0.3, -0.25) is 4.79 Å². The van der Waals surface area contributed by atoms with Gasteiger partial charge in [0, 0.05) is 12.1 Å². The Morgan fingerprint density at radius 3 is 2.24 bits per heavy atom. The Bertz CT molecular complexity index is 475. The number of amides is 1. The van der Waals surface area contributed by atoms with Gasteiger partial charge in [0.1, 0.15) is 5.60 Å². The van der Waals surface area contributed by atoms with Crippen molar-refractivity contribution in [3.63, 3.8) is 0 Å². The largest absolute Gasteiger partial charge is 0.481 e. The standard InChI is InChI=1S/C15H22N2O4/c1-14(2,3)21-13(20)17-10-4-5-11(17)9-15(8-10,6-7-16)12(18)19/h10-11H,4-6,8-9H2,1-3H3,(H,18,19)/t10-,11+,15?. The van der Waals surface area contributed by atoms with Gasteiger partial charge in [-0.25, -0.2) is 4.79 Å². The molecule has 0 spiro atoms. The third kappa shape index (κ3) is 2.97. The van der Waals surface area contributed by atoms with Crippen LogP contribution in [0.4, 0.5) is 4.79 Å². The van der Waals surface area contributed by atoms with Crippen LogP contribution >= 0.6 is 0 Å². The molecule has 6 nitrogen and oxygen atoms in total. The van der Waals surface area contributed by atoms with E-state index in [1.54, 1.807) is 4.90 Å². The summed E-state index contributed by atoms with van der Waals surface area (Å²) in [5.41, 5.74) is -1.58. The van der Waals surface area contributed by atoms with Crippen LogP contribution in [-0.4, -0.2) is 39.8 Å². The Balaban J connectivity index is 2.17. The normalized spacial score (nSPS) is 31.6. The molecule has 6 heteroatoms. The summed E-state index contributed by atoms with van der Waals surface area (Å²) in [6, 6.07) is 1.72. The first-order chi connectivity index (χ1) is 9.68. The van der Waals surface area contributed by atoms with Gasteiger partial charge in [-0.1, -0.05) is 0 Å². The average molecular weight is 294 g/mol. The Morgan fingerprint density at radius 2 is 1.86 bits per heavy atom. The van der Waals surface area contributed by atoms with Gasteiger partial charge in [0.25, 0.3) is 0 Å². The zero-order chi connectivity index (χ0) is 15.8. The van der Waals surface area contributed by atoms with Crippen molar-refractivity contribution >= 4 is 12.1 Å². The molecule has 21 heavy (non-hydrogen) atoms. The summed E-state index contributed by atoms with van der Waals surface area (Å²) in [5.74, 6) is -0.926. The molecule has 2 aliphatic heterocycles. The van der Waals surface area contributed by atoms with Gasteiger partial charge in [0.2, 0.25) is 0 Å². The second-order valence-electron chi connectivity index (χ2n) is 7.10. The third-order valence-corrected chi connectivity index (χ3v) is 4.35. The second-order valence-corrected chi connectivity index (χ2v) is 7.10. The number of nitriles is 1. The fraction of sp³-hybridized carbons (Fsp3) is 0.800. The van der Waals surface area contributed by atoms with Crippen molar-refractivity contribution in [2.45, 2.75) is 70.6 Å². The first-order valence-electron chi connectivity index (χ1n) is 7.30. The van der Waals surface area contributed by atoms with E-state index in [0.29, 0.717) is 12.8 Å². The van der Waals surface area contributed by atoms with Crippen LogP contribution in [0.2, 0.25) is 0 Å². The molecule has 2 bridgehead atoms. The lowest BCUT2D eigenvalue weighted by molar-refractivity contribution is -0.153. The van der Waals surface area contributed by atoms with E-state index in [1.165, 1.54) is 0 Å². The maximum atomic E-state index is 12.3. The monoisotopic (exact) mass is 294 g/mol. The maximum absolute atomic E-state index is 12.3. The zero-order valence-electron chi connectivity index (χ0n) is 12.8. The summed E-state index contributed by atoms with van der Waals surface area (Å²) in [6.45, 7) is 5.44. The first-order valence-corrected chi connectivity index (χ1v) is 7.30. The molecule has 0 aromatic carbocycles. The molecule has 116 valence electrons. The first kappa shape index (κ1) is 15.6. The minimum Gasteiger partial charge on any atom is -0.481 e. The van der Waals surface area contributed by atoms with E-state index in [4.69, 9.17) is 10.00 Å². The SMILES string of the molecule is CC(C)(C)OC(=O)N1[C@@H]2CC[C@H]1CC(CC#N)(C(=O)O)C2. The van der Waals surface area contributed by atoms with Gasteiger partial charge in [0.15, 0.2) is 0 Å². The van der Waals surface area contributed by atoms with Gasteiger partial charge in [0.05, 0.1) is 17.9 Å². The quantitative estimate of drug-likeness (QED) is 0.845. The fourth-order valence-corrected chi connectivity index (χ4v) is 3.51. The van der Waals surface area contributed by atoms with Crippen molar-refractivity contribution in [2.24, 2.45) is 5.41 Å². The van der Waals surface area contributed by atoms with E-state index < -0.39 is 17.0 Å². The van der Waals surface area contributed by atoms with Crippen molar-refractivity contribution in [3.8, 4) is 6.07 Å². The Kier molecular flexibility index (Phi) is 3.87. The predicted octanol–water partition coefficient (Wildman–Crippen LogP) is 2.53. The lowest BCUT2D eigenvalue weighted by Gasteiger charge is -2.43. The maximum Gasteiger partial charge on any atom is 0.410 e. The van der Waals surface area contributed by atoms with Crippen molar-refractivity contribution < 1.29 is 19.4 Å². The van der Waals surface area contributed by atoms with Crippen molar-refractivity contribution in [1.82, 2.24) is 4.90 Å². The molecule has 1 unspecified atom stereocenters. The number of carboxylic acids is 1. The number of nitrogens with zero attached hydrogens (tertiary/aromatic N) is 2. The van der Waals surface area contributed by atoms with E-state index >= 15 is 0 Å². The molecule has 1 amide bonds. The van der Waals surface area contributed by atoms with Gasteiger partial charge < -0.3 is 14.7 Å².